The van der Waals surface area contributed by atoms with Crippen molar-refractivity contribution in [1.29, 1.82) is 0 Å². The van der Waals surface area contributed by atoms with Gasteiger partial charge in [-0.15, -0.1) is 0 Å². The van der Waals surface area contributed by atoms with E-state index in [4.69, 9.17) is 4.74 Å². The number of nitro benzene ring substituents is 2. The largest absolute Gasteiger partial charge is 0.487 e. The molecule has 0 fully saturated rings. The van der Waals surface area contributed by atoms with Gasteiger partial charge in [-0.1, -0.05) is 6.58 Å². The fourth-order valence-corrected chi connectivity index (χ4v) is 1.51. The number of ether oxygens (including phenoxy) is 2. The molecule has 1 atom stereocenters. The number of non-ortho nitro benzene ring substituents is 1. The van der Waals surface area contributed by atoms with Gasteiger partial charge in [0.05, 0.1) is 28.6 Å². The number of esters is 1. The van der Waals surface area contributed by atoms with E-state index >= 15 is 0 Å². The van der Waals surface area contributed by atoms with Crippen molar-refractivity contribution in [1.82, 2.24) is 0 Å². The second-order valence-electron chi connectivity index (χ2n) is 4.29. The van der Waals surface area contributed by atoms with Gasteiger partial charge in [-0.2, -0.15) is 0 Å². The van der Waals surface area contributed by atoms with E-state index in [0.717, 1.165) is 24.3 Å². The minimum absolute atomic E-state index is 0.0402. The Balaban J connectivity index is 2.60. The summed E-state index contributed by atoms with van der Waals surface area (Å²) in [7, 11) is 0. The first-order chi connectivity index (χ1) is 10.8. The maximum absolute atomic E-state index is 10.9. The number of nitro groups is 2. The summed E-state index contributed by atoms with van der Waals surface area (Å²) in [5.41, 5.74) is -0.979. The first kappa shape index (κ1) is 18.0. The summed E-state index contributed by atoms with van der Waals surface area (Å²) in [5, 5.41) is 31.0. The maximum Gasteiger partial charge on any atom is 0.330 e. The van der Waals surface area contributed by atoms with Crippen LogP contribution >= 0.6 is 0 Å². The second-order valence-corrected chi connectivity index (χ2v) is 4.29. The lowest BCUT2D eigenvalue weighted by atomic mass is 10.2. The van der Waals surface area contributed by atoms with Crippen LogP contribution in [0, 0.1) is 20.2 Å². The van der Waals surface area contributed by atoms with E-state index in [1.807, 2.05) is 0 Å². The van der Waals surface area contributed by atoms with Crippen LogP contribution in [0.3, 0.4) is 0 Å². The van der Waals surface area contributed by atoms with Crippen molar-refractivity contribution < 1.29 is 29.2 Å². The molecule has 10 heteroatoms. The van der Waals surface area contributed by atoms with Gasteiger partial charge >= 0.3 is 11.7 Å². The van der Waals surface area contributed by atoms with Crippen LogP contribution in [-0.2, 0) is 9.53 Å². The first-order valence-corrected chi connectivity index (χ1v) is 6.38. The average molecular weight is 326 g/mol. The van der Waals surface area contributed by atoms with E-state index in [0.29, 0.717) is 0 Å². The Morgan fingerprint density at radius 2 is 2.04 bits per heavy atom. The monoisotopic (exact) mass is 326 g/mol. The predicted molar refractivity (Wildman–Crippen MR) is 77.0 cm³/mol. The van der Waals surface area contributed by atoms with E-state index in [9.17, 15) is 30.1 Å². The Bertz CT molecular complexity index is 616. The van der Waals surface area contributed by atoms with Gasteiger partial charge in [0.2, 0.25) is 0 Å². The number of benzene rings is 1. The van der Waals surface area contributed by atoms with Crippen molar-refractivity contribution in [2.45, 2.75) is 12.5 Å². The van der Waals surface area contributed by atoms with Gasteiger partial charge in [0.1, 0.15) is 6.61 Å². The molecule has 0 saturated heterocycles. The molecule has 0 heterocycles. The Morgan fingerprint density at radius 3 is 2.61 bits per heavy atom. The van der Waals surface area contributed by atoms with Crippen LogP contribution in [0.2, 0.25) is 0 Å². The number of nitrogens with zero attached hydrogens (tertiary/aromatic N) is 2. The molecule has 0 amide bonds. The third-order valence-corrected chi connectivity index (χ3v) is 2.64. The number of aliphatic hydroxyl groups is 1. The quantitative estimate of drug-likeness (QED) is 0.310. The predicted octanol–water partition coefficient (Wildman–Crippen LogP) is 1.36. The SMILES string of the molecule is C=CC(=O)OCC(O)CCOc1ccc([N+](=O)[O-])cc1[N+](=O)[O-]. The van der Waals surface area contributed by atoms with Crippen molar-refractivity contribution in [2.75, 3.05) is 13.2 Å². The van der Waals surface area contributed by atoms with Crippen LogP contribution in [0.15, 0.2) is 30.9 Å². The lowest BCUT2D eigenvalue weighted by molar-refractivity contribution is -0.394. The standard InChI is InChI=1S/C13H14N2O8/c1-2-13(17)23-8-10(16)5-6-22-12-4-3-9(14(18)19)7-11(12)15(20)21/h2-4,7,10,16H,1,5-6,8H2. The number of hydrogen-bond acceptors (Lipinski definition) is 8. The molecule has 0 aliphatic heterocycles. The minimum Gasteiger partial charge on any atom is -0.487 e. The number of carbonyl (C=O) groups is 1. The van der Waals surface area contributed by atoms with Crippen molar-refractivity contribution in [2.24, 2.45) is 0 Å². The Hall–Kier alpha value is -3.01. The molecule has 0 aliphatic rings. The van der Waals surface area contributed by atoms with Gasteiger partial charge in [-0.25, -0.2) is 4.79 Å². The summed E-state index contributed by atoms with van der Waals surface area (Å²) in [4.78, 5) is 30.7. The zero-order valence-electron chi connectivity index (χ0n) is 11.9. The normalized spacial score (nSPS) is 11.3. The number of aliphatic hydroxyl groups excluding tert-OH is 1. The topological polar surface area (TPSA) is 142 Å². The summed E-state index contributed by atoms with van der Waals surface area (Å²) in [6.45, 7) is 2.82. The van der Waals surface area contributed by atoms with Crippen LogP contribution < -0.4 is 4.74 Å². The maximum atomic E-state index is 10.9. The highest BCUT2D eigenvalue weighted by Crippen LogP contribution is 2.31. The summed E-state index contributed by atoms with van der Waals surface area (Å²) in [6, 6.07) is 2.97. The van der Waals surface area contributed by atoms with Crippen molar-refractivity contribution >= 4 is 17.3 Å². The number of carbonyl (C=O) groups excluding carboxylic acids is 1. The Kier molecular flexibility index (Phi) is 6.62. The molecule has 1 aromatic carbocycles. The van der Waals surface area contributed by atoms with E-state index in [1.54, 1.807) is 0 Å². The highest BCUT2D eigenvalue weighted by Gasteiger charge is 2.20. The highest BCUT2D eigenvalue weighted by atomic mass is 16.6. The van der Waals surface area contributed by atoms with Crippen LogP contribution in [0.1, 0.15) is 6.42 Å². The van der Waals surface area contributed by atoms with Gasteiger partial charge in [0.15, 0.2) is 5.75 Å². The summed E-state index contributed by atoms with van der Waals surface area (Å²) in [6.07, 6.45) is -0.0295. The smallest absolute Gasteiger partial charge is 0.330 e. The van der Waals surface area contributed by atoms with Crippen LogP contribution in [0.4, 0.5) is 11.4 Å². The van der Waals surface area contributed by atoms with E-state index in [1.165, 1.54) is 0 Å². The molecule has 0 aliphatic carbocycles. The van der Waals surface area contributed by atoms with Gasteiger partial charge in [0.25, 0.3) is 5.69 Å². The lowest BCUT2D eigenvalue weighted by Gasteiger charge is -2.11. The molecule has 1 aromatic rings. The molecule has 0 saturated carbocycles. The Labute approximate surface area is 130 Å². The van der Waals surface area contributed by atoms with Gasteiger partial charge in [-0.3, -0.25) is 20.2 Å². The molecule has 0 aromatic heterocycles. The molecule has 1 unspecified atom stereocenters. The lowest BCUT2D eigenvalue weighted by Crippen LogP contribution is -2.20. The van der Waals surface area contributed by atoms with Gasteiger partial charge < -0.3 is 14.6 Å². The molecule has 0 spiro atoms. The molecule has 1 rings (SSSR count). The van der Waals surface area contributed by atoms with Crippen LogP contribution in [0.5, 0.6) is 5.75 Å². The van der Waals surface area contributed by atoms with Crippen molar-refractivity contribution in [3.05, 3.63) is 51.1 Å². The first-order valence-electron chi connectivity index (χ1n) is 6.38. The number of hydrogen-bond donors (Lipinski definition) is 1. The van der Waals surface area contributed by atoms with Crippen molar-refractivity contribution in [3.63, 3.8) is 0 Å². The molecule has 124 valence electrons. The van der Waals surface area contributed by atoms with Gasteiger partial charge in [0, 0.05) is 18.6 Å². The van der Waals surface area contributed by atoms with Crippen LogP contribution in [-0.4, -0.2) is 40.2 Å². The molecule has 10 nitrogen and oxygen atoms in total. The fraction of sp³-hybridized carbons (Fsp3) is 0.308. The second kappa shape index (κ2) is 8.44. The summed E-state index contributed by atoms with van der Waals surface area (Å²) >= 11 is 0. The van der Waals surface area contributed by atoms with Crippen LogP contribution in [0.25, 0.3) is 0 Å². The molecular weight excluding hydrogens is 312 g/mol. The zero-order valence-corrected chi connectivity index (χ0v) is 11.9. The summed E-state index contributed by atoms with van der Waals surface area (Å²) < 4.78 is 9.77. The van der Waals surface area contributed by atoms with E-state index in [-0.39, 0.29) is 25.4 Å². The minimum atomic E-state index is -1.02. The molecule has 0 bridgehead atoms. The fourth-order valence-electron chi connectivity index (χ4n) is 1.51. The number of rotatable bonds is 9. The van der Waals surface area contributed by atoms with E-state index in [2.05, 4.69) is 11.3 Å². The highest BCUT2D eigenvalue weighted by molar-refractivity contribution is 5.81. The molecule has 23 heavy (non-hydrogen) atoms. The third-order valence-electron chi connectivity index (χ3n) is 2.64. The van der Waals surface area contributed by atoms with Crippen molar-refractivity contribution in [3.8, 4) is 5.75 Å². The summed E-state index contributed by atoms with van der Waals surface area (Å²) in [5.74, 6) is -0.841. The Morgan fingerprint density at radius 1 is 1.35 bits per heavy atom. The third kappa shape index (κ3) is 5.71. The molecule has 0 radical (unpaired) electrons. The zero-order chi connectivity index (χ0) is 17.4. The average Bonchev–Trinajstić information content (AvgIpc) is 2.52. The molecular formula is C13H14N2O8. The molecule has 1 N–H and O–H groups in total. The van der Waals surface area contributed by atoms with E-state index < -0.39 is 33.3 Å². The van der Waals surface area contributed by atoms with Gasteiger partial charge in [-0.05, 0) is 6.07 Å².